The van der Waals surface area contributed by atoms with Gasteiger partial charge in [0.15, 0.2) is 23.0 Å². The summed E-state index contributed by atoms with van der Waals surface area (Å²) in [5, 5.41) is 4.03. The zero-order valence-corrected chi connectivity index (χ0v) is 18.8. The van der Waals surface area contributed by atoms with E-state index in [0.29, 0.717) is 58.4 Å². The molecule has 0 radical (unpaired) electrons. The van der Waals surface area contributed by atoms with Crippen LogP contribution in [0.3, 0.4) is 0 Å². The number of methoxy groups -OCH3 is 1. The first-order valence-electron chi connectivity index (χ1n) is 9.38. The summed E-state index contributed by atoms with van der Waals surface area (Å²) < 4.78 is 22.7. The van der Waals surface area contributed by atoms with E-state index in [1.807, 2.05) is 13.8 Å². The molecule has 7 nitrogen and oxygen atoms in total. The molecule has 2 aromatic carbocycles. The molecule has 0 aliphatic heterocycles. The van der Waals surface area contributed by atoms with Crippen molar-refractivity contribution in [2.24, 2.45) is 5.10 Å². The summed E-state index contributed by atoms with van der Waals surface area (Å²) in [6, 6.07) is 8.55. The first-order chi connectivity index (χ1) is 14.5. The van der Waals surface area contributed by atoms with Crippen LogP contribution in [0.15, 0.2) is 52.6 Å². The predicted molar refractivity (Wildman–Crippen MR) is 120 cm³/mol. The van der Waals surface area contributed by atoms with Gasteiger partial charge < -0.3 is 18.9 Å². The molecule has 30 heavy (non-hydrogen) atoms. The molecule has 160 valence electrons. The molecule has 0 spiro atoms. The minimum atomic E-state index is -0.368. The highest BCUT2D eigenvalue weighted by atomic mass is 79.9. The molecule has 2 rings (SSSR count). The van der Waals surface area contributed by atoms with Crippen LogP contribution in [0.5, 0.6) is 23.0 Å². The number of amides is 1. The third-order valence-electron chi connectivity index (χ3n) is 3.78. The van der Waals surface area contributed by atoms with Gasteiger partial charge in [0.2, 0.25) is 0 Å². The third-order valence-corrected chi connectivity index (χ3v) is 4.37. The molecule has 1 N–H and O–H groups in total. The molecule has 0 heterocycles. The normalized spacial score (nSPS) is 10.5. The summed E-state index contributed by atoms with van der Waals surface area (Å²) in [7, 11) is 1.55. The zero-order valence-electron chi connectivity index (χ0n) is 17.2. The molecule has 0 unspecified atom stereocenters. The van der Waals surface area contributed by atoms with E-state index in [2.05, 4.69) is 33.0 Å². The Morgan fingerprint density at radius 3 is 2.50 bits per heavy atom. The van der Waals surface area contributed by atoms with Crippen molar-refractivity contribution >= 4 is 28.1 Å². The van der Waals surface area contributed by atoms with E-state index >= 15 is 0 Å². The number of hydrogen-bond acceptors (Lipinski definition) is 6. The average Bonchev–Trinajstić information content (AvgIpc) is 2.74. The Balaban J connectivity index is 2.13. The maximum absolute atomic E-state index is 12.4. The zero-order chi connectivity index (χ0) is 21.9. The van der Waals surface area contributed by atoms with Gasteiger partial charge in [-0.25, -0.2) is 5.43 Å². The molecule has 0 aliphatic rings. The lowest BCUT2D eigenvalue weighted by atomic mass is 10.2. The molecule has 0 fully saturated rings. The van der Waals surface area contributed by atoms with E-state index in [4.69, 9.17) is 18.9 Å². The van der Waals surface area contributed by atoms with Crippen molar-refractivity contribution < 1.29 is 23.7 Å². The fourth-order valence-electron chi connectivity index (χ4n) is 2.52. The summed E-state index contributed by atoms with van der Waals surface area (Å²) >= 11 is 3.45. The number of carbonyl (C=O) groups excluding carboxylic acids is 1. The van der Waals surface area contributed by atoms with Crippen LogP contribution in [0.4, 0.5) is 0 Å². The van der Waals surface area contributed by atoms with E-state index in [0.717, 1.165) is 0 Å². The Morgan fingerprint density at radius 1 is 1.10 bits per heavy atom. The minimum absolute atomic E-state index is 0.351. The third kappa shape index (κ3) is 6.25. The van der Waals surface area contributed by atoms with Crippen LogP contribution in [-0.4, -0.2) is 39.1 Å². The summed E-state index contributed by atoms with van der Waals surface area (Å²) in [6.07, 6.45) is 3.16. The Hall–Kier alpha value is -3.00. The Morgan fingerprint density at radius 2 is 1.83 bits per heavy atom. The largest absolute Gasteiger partial charge is 0.493 e. The second-order valence-corrected chi connectivity index (χ2v) is 6.71. The van der Waals surface area contributed by atoms with Crippen molar-refractivity contribution in [1.29, 1.82) is 0 Å². The van der Waals surface area contributed by atoms with Gasteiger partial charge in [-0.05, 0) is 65.7 Å². The Kier molecular flexibility index (Phi) is 9.21. The second-order valence-electron chi connectivity index (χ2n) is 5.86. The number of nitrogens with one attached hydrogen (secondary N) is 1. The van der Waals surface area contributed by atoms with Gasteiger partial charge in [-0.15, -0.1) is 0 Å². The van der Waals surface area contributed by atoms with E-state index < -0.39 is 0 Å². The van der Waals surface area contributed by atoms with Gasteiger partial charge in [0.1, 0.15) is 6.61 Å². The summed E-state index contributed by atoms with van der Waals surface area (Å²) in [5.74, 6) is 1.84. The summed E-state index contributed by atoms with van der Waals surface area (Å²) in [5.41, 5.74) is 3.63. The highest BCUT2D eigenvalue weighted by Crippen LogP contribution is 2.36. The van der Waals surface area contributed by atoms with Gasteiger partial charge in [-0.3, -0.25) is 4.79 Å². The fraction of sp³-hybridized carbons (Fsp3) is 0.273. The van der Waals surface area contributed by atoms with Crippen LogP contribution in [-0.2, 0) is 0 Å². The van der Waals surface area contributed by atoms with Gasteiger partial charge in [-0.1, -0.05) is 12.7 Å². The molecule has 0 bridgehead atoms. The van der Waals surface area contributed by atoms with Gasteiger partial charge in [0.25, 0.3) is 5.91 Å². The van der Waals surface area contributed by atoms with Gasteiger partial charge >= 0.3 is 0 Å². The van der Waals surface area contributed by atoms with Crippen LogP contribution in [0.2, 0.25) is 0 Å². The lowest BCUT2D eigenvalue weighted by molar-refractivity contribution is 0.0954. The van der Waals surface area contributed by atoms with E-state index in [-0.39, 0.29) is 5.91 Å². The van der Waals surface area contributed by atoms with Gasteiger partial charge in [-0.2, -0.15) is 5.10 Å². The number of halogens is 1. The van der Waals surface area contributed by atoms with Crippen LogP contribution in [0.1, 0.15) is 29.8 Å². The molecular formula is C22H25BrN2O5. The standard InChI is InChI=1S/C22H25BrN2O5/c1-5-10-30-21-17(23)11-15(12-20(21)27-4)14-24-25-22(26)16-8-9-18(28-6-2)19(13-16)29-7-3/h5,8-9,11-14H,1,6-7,10H2,2-4H3,(H,25,26)/b24-14+. The average molecular weight is 477 g/mol. The van der Waals surface area contributed by atoms with Crippen molar-refractivity contribution in [3.05, 3.63) is 58.6 Å². The maximum atomic E-state index is 12.4. The SMILES string of the molecule is C=CCOc1c(Br)cc(/C=N/NC(=O)c2ccc(OCC)c(OCC)c2)cc1OC. The van der Waals surface area contributed by atoms with Crippen LogP contribution in [0.25, 0.3) is 0 Å². The number of hydrogen-bond donors (Lipinski definition) is 1. The van der Waals surface area contributed by atoms with Crippen molar-refractivity contribution in [2.45, 2.75) is 13.8 Å². The number of carbonyl (C=O) groups is 1. The van der Waals surface area contributed by atoms with Crippen molar-refractivity contribution in [2.75, 3.05) is 26.9 Å². The van der Waals surface area contributed by atoms with Crippen molar-refractivity contribution in [1.82, 2.24) is 5.43 Å². The van der Waals surface area contributed by atoms with Gasteiger partial charge in [0.05, 0.1) is 31.0 Å². The topological polar surface area (TPSA) is 78.4 Å². The second kappa shape index (κ2) is 11.9. The first-order valence-corrected chi connectivity index (χ1v) is 10.2. The molecule has 1 amide bonds. The molecule has 2 aromatic rings. The van der Waals surface area contributed by atoms with E-state index in [9.17, 15) is 4.79 Å². The monoisotopic (exact) mass is 476 g/mol. The number of ether oxygens (including phenoxy) is 4. The Bertz CT molecular complexity index is 915. The molecule has 0 saturated carbocycles. The smallest absolute Gasteiger partial charge is 0.271 e. The lowest BCUT2D eigenvalue weighted by Gasteiger charge is -2.12. The Labute approximate surface area is 184 Å². The van der Waals surface area contributed by atoms with Crippen molar-refractivity contribution in [3.8, 4) is 23.0 Å². The quantitative estimate of drug-likeness (QED) is 0.291. The number of benzene rings is 2. The highest BCUT2D eigenvalue weighted by Gasteiger charge is 2.12. The number of rotatable bonds is 11. The van der Waals surface area contributed by atoms with Crippen molar-refractivity contribution in [3.63, 3.8) is 0 Å². The fourth-order valence-corrected chi connectivity index (χ4v) is 3.09. The number of nitrogens with zero attached hydrogens (tertiary/aromatic N) is 1. The highest BCUT2D eigenvalue weighted by molar-refractivity contribution is 9.10. The molecule has 8 heteroatoms. The van der Waals surface area contributed by atoms with Crippen LogP contribution in [0, 0.1) is 0 Å². The number of hydrazone groups is 1. The van der Waals surface area contributed by atoms with Crippen LogP contribution >= 0.6 is 15.9 Å². The summed E-state index contributed by atoms with van der Waals surface area (Å²) in [4.78, 5) is 12.4. The predicted octanol–water partition coefficient (Wildman–Crippen LogP) is 4.58. The molecule has 0 atom stereocenters. The lowest BCUT2D eigenvalue weighted by Crippen LogP contribution is -2.17. The van der Waals surface area contributed by atoms with E-state index in [1.54, 1.807) is 43.5 Å². The van der Waals surface area contributed by atoms with Crippen LogP contribution < -0.4 is 24.4 Å². The maximum Gasteiger partial charge on any atom is 0.271 e. The summed E-state index contributed by atoms with van der Waals surface area (Å²) in [6.45, 7) is 8.71. The molecule has 0 saturated heterocycles. The molecular weight excluding hydrogens is 452 g/mol. The minimum Gasteiger partial charge on any atom is -0.493 e. The van der Waals surface area contributed by atoms with Gasteiger partial charge in [0, 0.05) is 5.56 Å². The first kappa shape index (κ1) is 23.3. The molecule has 0 aliphatic carbocycles. The molecule has 0 aromatic heterocycles. The van der Waals surface area contributed by atoms with E-state index in [1.165, 1.54) is 6.21 Å².